The van der Waals surface area contributed by atoms with E-state index in [-0.39, 0.29) is 18.2 Å². The SMILES string of the molecule is CCn1cc(Br)cc1C(=O)NCCC(=O)NCCOC. The first-order chi connectivity index (χ1) is 9.58. The normalized spacial score (nSPS) is 10.3. The number of carbonyl (C=O) groups is 2. The monoisotopic (exact) mass is 345 g/mol. The van der Waals surface area contributed by atoms with Gasteiger partial charge in [-0.25, -0.2) is 0 Å². The molecule has 0 bridgehead atoms. The predicted octanol–water partition coefficient (Wildman–Crippen LogP) is 1.15. The van der Waals surface area contributed by atoms with Gasteiger partial charge in [0.25, 0.3) is 5.91 Å². The molecule has 0 aliphatic rings. The van der Waals surface area contributed by atoms with Crippen molar-refractivity contribution in [3.8, 4) is 0 Å². The Morgan fingerprint density at radius 3 is 2.75 bits per heavy atom. The zero-order valence-corrected chi connectivity index (χ0v) is 13.3. The Labute approximate surface area is 127 Å². The highest BCUT2D eigenvalue weighted by molar-refractivity contribution is 9.10. The van der Waals surface area contributed by atoms with Gasteiger partial charge in [0.15, 0.2) is 0 Å². The number of aryl methyl sites for hydroxylation is 1. The molecule has 1 heterocycles. The summed E-state index contributed by atoms with van der Waals surface area (Å²) in [5.41, 5.74) is 0.583. The zero-order chi connectivity index (χ0) is 15.0. The molecule has 0 saturated heterocycles. The van der Waals surface area contributed by atoms with Gasteiger partial charge in [0, 0.05) is 43.8 Å². The van der Waals surface area contributed by atoms with Crippen molar-refractivity contribution in [2.45, 2.75) is 19.9 Å². The Hall–Kier alpha value is -1.34. The average molecular weight is 346 g/mol. The van der Waals surface area contributed by atoms with Gasteiger partial charge in [-0.05, 0) is 28.9 Å². The lowest BCUT2D eigenvalue weighted by molar-refractivity contribution is -0.121. The topological polar surface area (TPSA) is 72.4 Å². The minimum atomic E-state index is -0.178. The van der Waals surface area contributed by atoms with Crippen molar-refractivity contribution in [3.63, 3.8) is 0 Å². The molecule has 0 aliphatic carbocycles. The smallest absolute Gasteiger partial charge is 0.267 e. The lowest BCUT2D eigenvalue weighted by Gasteiger charge is -2.08. The Morgan fingerprint density at radius 1 is 1.35 bits per heavy atom. The summed E-state index contributed by atoms with van der Waals surface area (Å²) in [6.07, 6.45) is 2.11. The zero-order valence-electron chi connectivity index (χ0n) is 11.7. The molecule has 1 rings (SSSR count). The molecule has 1 aromatic heterocycles. The van der Waals surface area contributed by atoms with E-state index in [9.17, 15) is 9.59 Å². The first-order valence-corrected chi connectivity index (χ1v) is 7.27. The first-order valence-electron chi connectivity index (χ1n) is 6.48. The summed E-state index contributed by atoms with van der Waals surface area (Å²) in [6, 6.07) is 1.76. The largest absolute Gasteiger partial charge is 0.383 e. The highest BCUT2D eigenvalue weighted by atomic mass is 79.9. The number of rotatable bonds is 8. The van der Waals surface area contributed by atoms with Crippen LogP contribution in [0.2, 0.25) is 0 Å². The summed E-state index contributed by atoms with van der Waals surface area (Å²) in [7, 11) is 1.58. The van der Waals surface area contributed by atoms with Crippen molar-refractivity contribution < 1.29 is 14.3 Å². The number of methoxy groups -OCH3 is 1. The molecule has 0 radical (unpaired) electrons. The van der Waals surface area contributed by atoms with Crippen LogP contribution in [0.1, 0.15) is 23.8 Å². The molecule has 0 aromatic carbocycles. The van der Waals surface area contributed by atoms with Crippen LogP contribution in [0.5, 0.6) is 0 Å². The third kappa shape index (κ3) is 5.34. The van der Waals surface area contributed by atoms with Crippen LogP contribution < -0.4 is 10.6 Å². The number of hydrogen-bond donors (Lipinski definition) is 2. The van der Waals surface area contributed by atoms with Crippen molar-refractivity contribution in [1.82, 2.24) is 15.2 Å². The van der Waals surface area contributed by atoms with E-state index >= 15 is 0 Å². The van der Waals surface area contributed by atoms with Crippen LogP contribution >= 0.6 is 15.9 Å². The molecule has 0 atom stereocenters. The number of aromatic nitrogens is 1. The van der Waals surface area contributed by atoms with Crippen LogP contribution in [0, 0.1) is 0 Å². The fourth-order valence-electron chi connectivity index (χ4n) is 1.69. The molecule has 7 heteroatoms. The maximum atomic E-state index is 12.0. The molecule has 2 amide bonds. The standard InChI is InChI=1S/C13H20BrN3O3/c1-3-17-9-10(14)8-11(17)13(19)16-5-4-12(18)15-6-7-20-2/h8-9H,3-7H2,1-2H3,(H,15,18)(H,16,19). The number of nitrogens with one attached hydrogen (secondary N) is 2. The van der Waals surface area contributed by atoms with Gasteiger partial charge in [0.05, 0.1) is 6.61 Å². The van der Waals surface area contributed by atoms with Gasteiger partial charge in [-0.3, -0.25) is 9.59 Å². The van der Waals surface area contributed by atoms with Crippen molar-refractivity contribution in [2.75, 3.05) is 26.8 Å². The molecule has 0 aliphatic heterocycles. The van der Waals surface area contributed by atoms with Crippen molar-refractivity contribution >= 4 is 27.7 Å². The highest BCUT2D eigenvalue weighted by Gasteiger charge is 2.12. The molecule has 0 fully saturated rings. The second kappa shape index (κ2) is 8.76. The number of halogens is 1. The summed E-state index contributed by atoms with van der Waals surface area (Å²) in [4.78, 5) is 23.4. The molecular formula is C13H20BrN3O3. The summed E-state index contributed by atoms with van der Waals surface area (Å²) in [5.74, 6) is -0.281. The first kappa shape index (κ1) is 16.7. The minimum Gasteiger partial charge on any atom is -0.383 e. The van der Waals surface area contributed by atoms with Crippen LogP contribution in [0.15, 0.2) is 16.7 Å². The summed E-state index contributed by atoms with van der Waals surface area (Å²) >= 11 is 3.34. The van der Waals surface area contributed by atoms with E-state index in [1.165, 1.54) is 0 Å². The van der Waals surface area contributed by atoms with Crippen LogP contribution in [0.3, 0.4) is 0 Å². The van der Waals surface area contributed by atoms with E-state index in [1.54, 1.807) is 13.2 Å². The van der Waals surface area contributed by atoms with Crippen LogP contribution in [0.25, 0.3) is 0 Å². The lowest BCUT2D eigenvalue weighted by atomic mass is 10.3. The van der Waals surface area contributed by atoms with E-state index in [0.29, 0.717) is 31.9 Å². The predicted molar refractivity (Wildman–Crippen MR) is 79.6 cm³/mol. The van der Waals surface area contributed by atoms with Crippen molar-refractivity contribution in [2.24, 2.45) is 0 Å². The number of ether oxygens (including phenoxy) is 1. The molecule has 0 spiro atoms. The summed E-state index contributed by atoms with van der Waals surface area (Å²) < 4.78 is 7.54. The van der Waals surface area contributed by atoms with E-state index < -0.39 is 0 Å². The van der Waals surface area contributed by atoms with E-state index in [0.717, 1.165) is 4.47 Å². The van der Waals surface area contributed by atoms with Gasteiger partial charge in [-0.15, -0.1) is 0 Å². The fraction of sp³-hybridized carbons (Fsp3) is 0.538. The van der Waals surface area contributed by atoms with E-state index in [2.05, 4.69) is 26.6 Å². The van der Waals surface area contributed by atoms with Crippen LogP contribution in [0.4, 0.5) is 0 Å². The van der Waals surface area contributed by atoms with Crippen molar-refractivity contribution in [3.05, 3.63) is 22.4 Å². The van der Waals surface area contributed by atoms with E-state index in [1.807, 2.05) is 17.7 Å². The second-order valence-corrected chi connectivity index (χ2v) is 5.09. The Kier molecular flexibility index (Phi) is 7.32. The lowest BCUT2D eigenvalue weighted by Crippen LogP contribution is -2.32. The Morgan fingerprint density at radius 2 is 2.10 bits per heavy atom. The summed E-state index contributed by atoms with van der Waals surface area (Å²) in [5, 5.41) is 5.43. The second-order valence-electron chi connectivity index (χ2n) is 4.18. The number of carbonyl (C=O) groups excluding carboxylic acids is 2. The van der Waals surface area contributed by atoms with E-state index in [4.69, 9.17) is 4.74 Å². The van der Waals surface area contributed by atoms with Gasteiger partial charge in [0.2, 0.25) is 5.91 Å². The highest BCUT2D eigenvalue weighted by Crippen LogP contribution is 2.14. The summed E-state index contributed by atoms with van der Waals surface area (Å²) in [6.45, 7) is 3.95. The molecule has 1 aromatic rings. The average Bonchev–Trinajstić information content (AvgIpc) is 2.80. The molecule has 20 heavy (non-hydrogen) atoms. The number of hydrogen-bond acceptors (Lipinski definition) is 3. The molecule has 0 unspecified atom stereocenters. The molecule has 6 nitrogen and oxygen atoms in total. The van der Waals surface area contributed by atoms with Crippen molar-refractivity contribution in [1.29, 1.82) is 0 Å². The Bertz CT molecular complexity index is 460. The maximum absolute atomic E-state index is 12.0. The minimum absolute atomic E-state index is 0.102. The van der Waals surface area contributed by atoms with Gasteiger partial charge in [0.1, 0.15) is 5.69 Å². The van der Waals surface area contributed by atoms with Gasteiger partial charge < -0.3 is 19.9 Å². The van der Waals surface area contributed by atoms with Crippen LogP contribution in [-0.2, 0) is 16.1 Å². The third-order valence-corrected chi connectivity index (χ3v) is 3.14. The van der Waals surface area contributed by atoms with Gasteiger partial charge >= 0.3 is 0 Å². The molecule has 2 N–H and O–H groups in total. The number of nitrogens with zero attached hydrogens (tertiary/aromatic N) is 1. The molecule has 112 valence electrons. The van der Waals surface area contributed by atoms with Gasteiger partial charge in [-0.2, -0.15) is 0 Å². The maximum Gasteiger partial charge on any atom is 0.267 e. The molecule has 0 saturated carbocycles. The fourth-order valence-corrected chi connectivity index (χ4v) is 2.15. The Balaban J connectivity index is 2.34. The van der Waals surface area contributed by atoms with Gasteiger partial charge in [-0.1, -0.05) is 0 Å². The van der Waals surface area contributed by atoms with Crippen LogP contribution in [-0.4, -0.2) is 43.2 Å². The third-order valence-electron chi connectivity index (χ3n) is 2.70. The number of amides is 2. The quantitative estimate of drug-likeness (QED) is 0.694. The molecular weight excluding hydrogens is 326 g/mol.